The van der Waals surface area contributed by atoms with Crippen LogP contribution in [0.15, 0.2) is 0 Å². The Morgan fingerprint density at radius 1 is 1.37 bits per heavy atom. The molecule has 1 aliphatic rings. The average Bonchev–Trinajstić information content (AvgIpc) is 2.33. The molecule has 1 heterocycles. The molecule has 110 valence electrons. The van der Waals surface area contributed by atoms with E-state index in [1.165, 1.54) is 0 Å². The Hall–Kier alpha value is -1.34. The highest BCUT2D eigenvalue weighted by Crippen LogP contribution is 2.19. The van der Waals surface area contributed by atoms with Gasteiger partial charge in [0.1, 0.15) is 6.04 Å². The minimum Gasteiger partial charge on any atom is -0.480 e. The van der Waals surface area contributed by atoms with Crippen molar-refractivity contribution in [3.63, 3.8) is 0 Å². The number of urea groups is 1. The molecule has 0 saturated carbocycles. The van der Waals surface area contributed by atoms with E-state index in [0.29, 0.717) is 26.4 Å². The number of aliphatic carboxylic acids is 1. The summed E-state index contributed by atoms with van der Waals surface area (Å²) in [5.41, 5.74) is -0.562. The third-order valence-corrected chi connectivity index (χ3v) is 2.76. The van der Waals surface area contributed by atoms with Crippen LogP contribution in [-0.4, -0.2) is 55.6 Å². The van der Waals surface area contributed by atoms with Crippen LogP contribution in [0.2, 0.25) is 0 Å². The van der Waals surface area contributed by atoms with Crippen molar-refractivity contribution in [2.45, 2.75) is 32.9 Å². The molecule has 0 aromatic heterocycles. The van der Waals surface area contributed by atoms with Gasteiger partial charge in [0.25, 0.3) is 0 Å². The van der Waals surface area contributed by atoms with Gasteiger partial charge in [-0.05, 0) is 5.41 Å². The van der Waals surface area contributed by atoms with Crippen molar-refractivity contribution in [2.75, 3.05) is 26.4 Å². The van der Waals surface area contributed by atoms with Crippen LogP contribution in [-0.2, 0) is 14.3 Å². The Labute approximate surface area is 112 Å². The summed E-state index contributed by atoms with van der Waals surface area (Å²) >= 11 is 0. The first-order chi connectivity index (χ1) is 8.80. The number of nitrogens with one attached hydrogen (secondary N) is 2. The van der Waals surface area contributed by atoms with Crippen LogP contribution in [0.1, 0.15) is 20.8 Å². The van der Waals surface area contributed by atoms with Crippen molar-refractivity contribution in [3.8, 4) is 0 Å². The second-order valence-electron chi connectivity index (χ2n) is 5.56. The highest BCUT2D eigenvalue weighted by atomic mass is 16.6. The molecule has 2 amide bonds. The standard InChI is InChI=1S/C12H22N2O5/c1-12(2,3)9(10(15)16)14-11(17)13-6-8-7-18-4-5-19-8/h8-9H,4-7H2,1-3H3,(H,15,16)(H2,13,14,17)/t8?,9-/m0/s1. The van der Waals surface area contributed by atoms with E-state index in [1.54, 1.807) is 20.8 Å². The summed E-state index contributed by atoms with van der Waals surface area (Å²) in [7, 11) is 0. The number of carboxylic acids is 1. The van der Waals surface area contributed by atoms with Crippen LogP contribution < -0.4 is 10.6 Å². The van der Waals surface area contributed by atoms with Crippen LogP contribution in [0.25, 0.3) is 0 Å². The van der Waals surface area contributed by atoms with E-state index in [-0.39, 0.29) is 6.10 Å². The Morgan fingerprint density at radius 3 is 2.53 bits per heavy atom. The van der Waals surface area contributed by atoms with Gasteiger partial charge in [0.15, 0.2) is 0 Å². The van der Waals surface area contributed by atoms with E-state index in [9.17, 15) is 9.59 Å². The lowest BCUT2D eigenvalue weighted by Crippen LogP contribution is -2.53. The molecule has 7 nitrogen and oxygen atoms in total. The Balaban J connectivity index is 2.38. The first-order valence-corrected chi connectivity index (χ1v) is 6.27. The summed E-state index contributed by atoms with van der Waals surface area (Å²) in [4.78, 5) is 22.8. The SMILES string of the molecule is CC(C)(C)[C@@H](NC(=O)NCC1COCCO1)C(=O)O. The zero-order chi connectivity index (χ0) is 14.5. The molecule has 1 fully saturated rings. The highest BCUT2D eigenvalue weighted by molar-refractivity contribution is 5.83. The Kier molecular flexibility index (Phi) is 5.56. The number of carbonyl (C=O) groups is 2. The van der Waals surface area contributed by atoms with Gasteiger partial charge in [0, 0.05) is 6.54 Å². The predicted molar refractivity (Wildman–Crippen MR) is 68.0 cm³/mol. The predicted octanol–water partition coefficient (Wildman–Crippen LogP) is 0.200. The zero-order valence-corrected chi connectivity index (χ0v) is 11.6. The van der Waals surface area contributed by atoms with Crippen LogP contribution >= 0.6 is 0 Å². The average molecular weight is 274 g/mol. The van der Waals surface area contributed by atoms with Gasteiger partial charge in [-0.1, -0.05) is 20.8 Å². The molecule has 19 heavy (non-hydrogen) atoms. The molecule has 0 bridgehead atoms. The van der Waals surface area contributed by atoms with Gasteiger partial charge in [-0.25, -0.2) is 9.59 Å². The maximum absolute atomic E-state index is 11.7. The molecule has 1 saturated heterocycles. The lowest BCUT2D eigenvalue weighted by Gasteiger charge is -2.28. The molecular formula is C12H22N2O5. The number of carbonyl (C=O) groups excluding carboxylic acids is 1. The molecule has 7 heteroatoms. The first kappa shape index (κ1) is 15.7. The highest BCUT2D eigenvalue weighted by Gasteiger charge is 2.32. The molecule has 3 N–H and O–H groups in total. The van der Waals surface area contributed by atoms with E-state index in [1.807, 2.05) is 0 Å². The largest absolute Gasteiger partial charge is 0.480 e. The summed E-state index contributed by atoms with van der Waals surface area (Å²) in [5, 5.41) is 14.1. The molecule has 0 radical (unpaired) electrons. The summed E-state index contributed by atoms with van der Waals surface area (Å²) < 4.78 is 10.6. The molecule has 0 aliphatic carbocycles. The van der Waals surface area contributed by atoms with Crippen molar-refractivity contribution >= 4 is 12.0 Å². The van der Waals surface area contributed by atoms with E-state index in [4.69, 9.17) is 14.6 Å². The molecule has 1 unspecified atom stereocenters. The van der Waals surface area contributed by atoms with Gasteiger partial charge in [0.05, 0.1) is 25.9 Å². The number of rotatable bonds is 4. The third-order valence-electron chi connectivity index (χ3n) is 2.76. The second-order valence-corrected chi connectivity index (χ2v) is 5.56. The van der Waals surface area contributed by atoms with Crippen molar-refractivity contribution in [2.24, 2.45) is 5.41 Å². The molecule has 2 atom stereocenters. The maximum atomic E-state index is 11.7. The fourth-order valence-electron chi connectivity index (χ4n) is 1.69. The quantitative estimate of drug-likeness (QED) is 0.680. The van der Waals surface area contributed by atoms with Crippen molar-refractivity contribution < 1.29 is 24.2 Å². The van der Waals surface area contributed by atoms with E-state index in [2.05, 4.69) is 10.6 Å². The van der Waals surface area contributed by atoms with Crippen molar-refractivity contribution in [1.29, 1.82) is 0 Å². The number of ether oxygens (including phenoxy) is 2. The van der Waals surface area contributed by atoms with Crippen LogP contribution in [0, 0.1) is 5.41 Å². The molecule has 0 spiro atoms. The minimum atomic E-state index is -1.06. The Morgan fingerprint density at radius 2 is 2.05 bits per heavy atom. The monoisotopic (exact) mass is 274 g/mol. The number of hydrogen-bond acceptors (Lipinski definition) is 4. The number of hydrogen-bond donors (Lipinski definition) is 3. The minimum absolute atomic E-state index is 0.183. The lowest BCUT2D eigenvalue weighted by molar-refractivity contribution is -0.141. The van der Waals surface area contributed by atoms with Crippen LogP contribution in [0.5, 0.6) is 0 Å². The van der Waals surface area contributed by atoms with Gasteiger partial charge in [-0.15, -0.1) is 0 Å². The smallest absolute Gasteiger partial charge is 0.326 e. The Bertz CT molecular complexity index is 321. The van der Waals surface area contributed by atoms with E-state index >= 15 is 0 Å². The topological polar surface area (TPSA) is 96.9 Å². The summed E-state index contributed by atoms with van der Waals surface area (Å²) in [6.07, 6.45) is -0.183. The van der Waals surface area contributed by atoms with Crippen LogP contribution in [0.3, 0.4) is 0 Å². The van der Waals surface area contributed by atoms with E-state index in [0.717, 1.165) is 0 Å². The zero-order valence-electron chi connectivity index (χ0n) is 11.6. The third kappa shape index (κ3) is 5.44. The van der Waals surface area contributed by atoms with Gasteiger partial charge < -0.3 is 25.2 Å². The van der Waals surface area contributed by atoms with E-state index < -0.39 is 23.5 Å². The number of carboxylic acid groups (broad SMARTS) is 1. The molecular weight excluding hydrogens is 252 g/mol. The summed E-state index contributed by atoms with van der Waals surface area (Å²) in [6.45, 7) is 7.06. The molecule has 1 aliphatic heterocycles. The second kappa shape index (κ2) is 6.72. The first-order valence-electron chi connectivity index (χ1n) is 6.27. The molecule has 1 rings (SSSR count). The fourth-order valence-corrected chi connectivity index (χ4v) is 1.69. The normalized spacial score (nSPS) is 21.5. The molecule has 0 aromatic rings. The summed E-state index contributed by atoms with van der Waals surface area (Å²) in [6, 6.07) is -1.47. The van der Waals surface area contributed by atoms with Gasteiger partial charge in [-0.2, -0.15) is 0 Å². The fraction of sp³-hybridized carbons (Fsp3) is 0.833. The maximum Gasteiger partial charge on any atom is 0.326 e. The van der Waals surface area contributed by atoms with Crippen molar-refractivity contribution in [1.82, 2.24) is 10.6 Å². The van der Waals surface area contributed by atoms with Crippen molar-refractivity contribution in [3.05, 3.63) is 0 Å². The molecule has 0 aromatic carbocycles. The summed E-state index contributed by atoms with van der Waals surface area (Å²) in [5.74, 6) is -1.06. The number of amides is 2. The van der Waals surface area contributed by atoms with Crippen LogP contribution in [0.4, 0.5) is 4.79 Å². The lowest BCUT2D eigenvalue weighted by atomic mass is 9.87. The van der Waals surface area contributed by atoms with Gasteiger partial charge >= 0.3 is 12.0 Å². The van der Waals surface area contributed by atoms with Gasteiger partial charge in [-0.3, -0.25) is 0 Å². The van der Waals surface area contributed by atoms with Gasteiger partial charge in [0.2, 0.25) is 0 Å².